The highest BCUT2D eigenvalue weighted by atomic mass is 35.5. The summed E-state index contributed by atoms with van der Waals surface area (Å²) >= 11 is 5.79. The van der Waals surface area contributed by atoms with Crippen molar-refractivity contribution >= 4 is 22.5 Å². The van der Waals surface area contributed by atoms with Crippen molar-refractivity contribution in [3.05, 3.63) is 34.7 Å². The Hall–Kier alpha value is -1.22. The van der Waals surface area contributed by atoms with Gasteiger partial charge in [0.2, 0.25) is 0 Å². The summed E-state index contributed by atoms with van der Waals surface area (Å²) < 4.78 is 12.9. The number of fused-ring (bicyclic) bond motifs is 1. The standard InChI is InChI=1S/C9H6ClFN2.2C2H6/c1-5-4-12-13-9-7(5)2-6(11)3-8(9)10;2*1-2/h2-4H,1H3;2*1-2H3. The van der Waals surface area contributed by atoms with Crippen LogP contribution in [0.5, 0.6) is 0 Å². The number of rotatable bonds is 0. The highest BCUT2D eigenvalue weighted by molar-refractivity contribution is 6.35. The number of aromatic nitrogens is 2. The van der Waals surface area contributed by atoms with E-state index in [4.69, 9.17) is 11.6 Å². The zero-order valence-corrected chi connectivity index (χ0v) is 11.6. The zero-order chi connectivity index (χ0) is 13.4. The van der Waals surface area contributed by atoms with Crippen LogP contribution in [-0.4, -0.2) is 10.2 Å². The molecule has 0 saturated carbocycles. The molecular formula is C13H18ClFN2. The number of nitrogens with zero attached hydrogens (tertiary/aromatic N) is 2. The minimum atomic E-state index is -0.353. The van der Waals surface area contributed by atoms with Crippen LogP contribution in [0.1, 0.15) is 33.3 Å². The average Bonchev–Trinajstić information content (AvgIpc) is 2.36. The van der Waals surface area contributed by atoms with E-state index in [-0.39, 0.29) is 5.82 Å². The van der Waals surface area contributed by atoms with Gasteiger partial charge in [0.1, 0.15) is 11.3 Å². The first kappa shape index (κ1) is 15.8. The van der Waals surface area contributed by atoms with Gasteiger partial charge in [-0.1, -0.05) is 39.3 Å². The molecule has 2 rings (SSSR count). The van der Waals surface area contributed by atoms with Crippen LogP contribution in [0.25, 0.3) is 10.9 Å². The molecule has 1 aromatic heterocycles. The lowest BCUT2D eigenvalue weighted by atomic mass is 10.1. The molecule has 0 fully saturated rings. The number of benzene rings is 1. The third-order valence-corrected chi connectivity index (χ3v) is 2.15. The molecule has 2 nitrogen and oxygen atoms in total. The van der Waals surface area contributed by atoms with Gasteiger partial charge in [-0.25, -0.2) is 4.39 Å². The lowest BCUT2D eigenvalue weighted by molar-refractivity contribution is 0.629. The first-order chi connectivity index (χ1) is 8.18. The van der Waals surface area contributed by atoms with Crippen molar-refractivity contribution in [2.45, 2.75) is 34.6 Å². The van der Waals surface area contributed by atoms with Gasteiger partial charge in [0.05, 0.1) is 11.2 Å². The van der Waals surface area contributed by atoms with E-state index in [1.165, 1.54) is 12.1 Å². The predicted molar refractivity (Wildman–Crippen MR) is 71.9 cm³/mol. The molecule has 0 spiro atoms. The molecule has 0 bridgehead atoms. The van der Waals surface area contributed by atoms with Gasteiger partial charge < -0.3 is 0 Å². The van der Waals surface area contributed by atoms with Crippen molar-refractivity contribution in [1.29, 1.82) is 0 Å². The Balaban J connectivity index is 0.000000581. The van der Waals surface area contributed by atoms with Crippen molar-refractivity contribution in [2.24, 2.45) is 0 Å². The molecule has 1 aromatic carbocycles. The molecular weight excluding hydrogens is 239 g/mol. The maximum atomic E-state index is 12.9. The summed E-state index contributed by atoms with van der Waals surface area (Å²) in [4.78, 5) is 0. The van der Waals surface area contributed by atoms with Gasteiger partial charge in [0.15, 0.2) is 0 Å². The first-order valence-corrected chi connectivity index (χ1v) is 6.13. The minimum absolute atomic E-state index is 0.297. The summed E-state index contributed by atoms with van der Waals surface area (Å²) in [6, 6.07) is 2.64. The van der Waals surface area contributed by atoms with Crippen LogP contribution >= 0.6 is 11.6 Å². The third-order valence-electron chi connectivity index (χ3n) is 1.86. The minimum Gasteiger partial charge on any atom is -0.207 e. The molecule has 17 heavy (non-hydrogen) atoms. The van der Waals surface area contributed by atoms with E-state index >= 15 is 0 Å². The number of halogens is 2. The van der Waals surface area contributed by atoms with Crippen LogP contribution in [0.2, 0.25) is 5.02 Å². The molecule has 4 heteroatoms. The molecule has 0 radical (unpaired) electrons. The van der Waals surface area contributed by atoms with E-state index in [0.717, 1.165) is 5.56 Å². The highest BCUT2D eigenvalue weighted by Gasteiger charge is 2.05. The van der Waals surface area contributed by atoms with E-state index < -0.39 is 0 Å². The van der Waals surface area contributed by atoms with Gasteiger partial charge in [-0.15, -0.1) is 5.10 Å². The second-order valence-corrected chi connectivity index (χ2v) is 3.22. The van der Waals surface area contributed by atoms with E-state index in [1.807, 2.05) is 34.6 Å². The van der Waals surface area contributed by atoms with Crippen molar-refractivity contribution < 1.29 is 4.39 Å². The summed E-state index contributed by atoms with van der Waals surface area (Å²) in [5, 5.41) is 8.59. The normalized spacial score (nSPS) is 8.88. The molecule has 0 aliphatic carbocycles. The topological polar surface area (TPSA) is 25.8 Å². The number of hydrogen-bond acceptors (Lipinski definition) is 2. The van der Waals surface area contributed by atoms with Gasteiger partial charge in [0, 0.05) is 5.39 Å². The van der Waals surface area contributed by atoms with Crippen LogP contribution in [0.4, 0.5) is 4.39 Å². The van der Waals surface area contributed by atoms with Gasteiger partial charge in [-0.3, -0.25) is 0 Å². The van der Waals surface area contributed by atoms with Crippen LogP contribution in [0.3, 0.4) is 0 Å². The monoisotopic (exact) mass is 256 g/mol. The zero-order valence-electron chi connectivity index (χ0n) is 10.9. The lowest BCUT2D eigenvalue weighted by Crippen LogP contribution is -1.89. The summed E-state index contributed by atoms with van der Waals surface area (Å²) in [5.41, 5.74) is 1.41. The Morgan fingerprint density at radius 3 is 2.29 bits per heavy atom. The van der Waals surface area contributed by atoms with Crippen molar-refractivity contribution in [2.75, 3.05) is 0 Å². The second kappa shape index (κ2) is 7.96. The predicted octanol–water partition coefficient (Wildman–Crippen LogP) is 4.78. The fourth-order valence-electron chi connectivity index (χ4n) is 1.21. The van der Waals surface area contributed by atoms with Gasteiger partial charge >= 0.3 is 0 Å². The Kier molecular flexibility index (Phi) is 7.39. The van der Waals surface area contributed by atoms with Crippen molar-refractivity contribution in [3.63, 3.8) is 0 Å². The molecule has 0 aliphatic heterocycles. The van der Waals surface area contributed by atoms with Gasteiger partial charge in [0.25, 0.3) is 0 Å². The molecule has 0 aliphatic rings. The van der Waals surface area contributed by atoms with E-state index in [0.29, 0.717) is 15.9 Å². The Morgan fingerprint density at radius 1 is 1.12 bits per heavy atom. The molecule has 0 unspecified atom stereocenters. The summed E-state index contributed by atoms with van der Waals surface area (Å²) in [6.07, 6.45) is 1.58. The van der Waals surface area contributed by atoms with Crippen molar-refractivity contribution in [3.8, 4) is 0 Å². The van der Waals surface area contributed by atoms with Gasteiger partial charge in [-0.2, -0.15) is 5.10 Å². The summed E-state index contributed by atoms with van der Waals surface area (Å²) in [6.45, 7) is 9.84. The van der Waals surface area contributed by atoms with Crippen LogP contribution in [0.15, 0.2) is 18.3 Å². The molecule has 0 amide bonds. The third kappa shape index (κ3) is 3.93. The summed E-state index contributed by atoms with van der Waals surface area (Å²) in [7, 11) is 0. The average molecular weight is 257 g/mol. The number of hydrogen-bond donors (Lipinski definition) is 0. The first-order valence-electron chi connectivity index (χ1n) is 5.75. The number of aryl methyl sites for hydroxylation is 1. The fraction of sp³-hybridized carbons (Fsp3) is 0.385. The van der Waals surface area contributed by atoms with Crippen molar-refractivity contribution in [1.82, 2.24) is 10.2 Å². The lowest BCUT2D eigenvalue weighted by Gasteiger charge is -2.01. The molecule has 0 saturated heterocycles. The Labute approximate surface area is 107 Å². The SMILES string of the molecule is CC.CC.Cc1cnnc2c(Cl)cc(F)cc12. The van der Waals surface area contributed by atoms with Crippen LogP contribution < -0.4 is 0 Å². The van der Waals surface area contributed by atoms with E-state index in [2.05, 4.69) is 10.2 Å². The highest BCUT2D eigenvalue weighted by Crippen LogP contribution is 2.24. The molecule has 2 aromatic rings. The van der Waals surface area contributed by atoms with E-state index in [9.17, 15) is 4.39 Å². The summed E-state index contributed by atoms with van der Waals surface area (Å²) in [5.74, 6) is -0.353. The maximum Gasteiger partial charge on any atom is 0.125 e. The molecule has 94 valence electrons. The quantitative estimate of drug-likeness (QED) is 0.678. The maximum absolute atomic E-state index is 12.9. The molecule has 0 N–H and O–H groups in total. The van der Waals surface area contributed by atoms with Crippen LogP contribution in [0, 0.1) is 12.7 Å². The van der Waals surface area contributed by atoms with Gasteiger partial charge in [-0.05, 0) is 24.6 Å². The largest absolute Gasteiger partial charge is 0.207 e. The van der Waals surface area contributed by atoms with E-state index in [1.54, 1.807) is 6.20 Å². The molecule has 1 heterocycles. The molecule has 0 atom stereocenters. The Bertz CT molecular complexity index is 472. The smallest absolute Gasteiger partial charge is 0.125 e. The fourth-order valence-corrected chi connectivity index (χ4v) is 1.45. The second-order valence-electron chi connectivity index (χ2n) is 2.81. The van der Waals surface area contributed by atoms with Crippen LogP contribution in [-0.2, 0) is 0 Å². The Morgan fingerprint density at radius 2 is 1.71 bits per heavy atom.